The van der Waals surface area contributed by atoms with Crippen LogP contribution in [0, 0.1) is 11.8 Å². The predicted octanol–water partition coefficient (Wildman–Crippen LogP) is 1.61. The van der Waals surface area contributed by atoms with E-state index in [1.165, 1.54) is 0 Å². The van der Waals surface area contributed by atoms with E-state index in [4.69, 9.17) is 4.74 Å². The predicted molar refractivity (Wildman–Crippen MR) is 87.1 cm³/mol. The number of nitrogens with zero attached hydrogens (tertiary/aromatic N) is 1. The fourth-order valence-electron chi connectivity index (χ4n) is 3.84. The summed E-state index contributed by atoms with van der Waals surface area (Å²) in [5.41, 5.74) is 0.966. The zero-order valence-electron chi connectivity index (χ0n) is 13.7. The van der Waals surface area contributed by atoms with Gasteiger partial charge in [0.25, 0.3) is 0 Å². The molecule has 1 heterocycles. The minimum absolute atomic E-state index is 0.126. The summed E-state index contributed by atoms with van der Waals surface area (Å²) in [6.45, 7) is 0.762. The number of hydrogen-bond acceptors (Lipinski definition) is 3. The molecule has 0 bridgehead atoms. The molecule has 5 nitrogen and oxygen atoms in total. The van der Waals surface area contributed by atoms with Gasteiger partial charge in [0.2, 0.25) is 11.8 Å². The standard InChI is InChI=1S/C18H24N2O3/c1-20(15-8-13-10-17(21)19-11-14(13)9-15)18(22)7-12-4-3-5-16(6-12)23-2/h3-6,13-15H,7-11H2,1-2H3,(H,19,21)/t13-,14+,15-/m1/s1. The molecule has 1 aliphatic heterocycles. The molecule has 1 aromatic rings. The lowest BCUT2D eigenvalue weighted by atomic mass is 9.89. The average molecular weight is 316 g/mol. The van der Waals surface area contributed by atoms with Crippen molar-refractivity contribution in [3.8, 4) is 5.75 Å². The zero-order chi connectivity index (χ0) is 16.4. The van der Waals surface area contributed by atoms with Gasteiger partial charge in [0.15, 0.2) is 0 Å². The number of hydrogen-bond donors (Lipinski definition) is 1. The lowest BCUT2D eigenvalue weighted by molar-refractivity contribution is -0.131. The quantitative estimate of drug-likeness (QED) is 0.918. The monoisotopic (exact) mass is 316 g/mol. The summed E-state index contributed by atoms with van der Waals surface area (Å²) in [6, 6.07) is 7.89. The smallest absolute Gasteiger partial charge is 0.226 e. The Kier molecular flexibility index (Phi) is 4.55. The Morgan fingerprint density at radius 1 is 1.35 bits per heavy atom. The molecule has 3 atom stereocenters. The second kappa shape index (κ2) is 6.60. The van der Waals surface area contributed by atoms with E-state index in [0.717, 1.165) is 30.7 Å². The Morgan fingerprint density at radius 2 is 2.13 bits per heavy atom. The number of methoxy groups -OCH3 is 1. The highest BCUT2D eigenvalue weighted by Gasteiger charge is 2.40. The van der Waals surface area contributed by atoms with Crippen LogP contribution in [0.5, 0.6) is 5.75 Å². The molecule has 23 heavy (non-hydrogen) atoms. The Labute approximate surface area is 137 Å². The van der Waals surface area contributed by atoms with Crippen LogP contribution in [0.2, 0.25) is 0 Å². The zero-order valence-corrected chi connectivity index (χ0v) is 13.7. The van der Waals surface area contributed by atoms with Crippen molar-refractivity contribution in [2.45, 2.75) is 31.7 Å². The van der Waals surface area contributed by atoms with Crippen LogP contribution in [0.4, 0.5) is 0 Å². The molecule has 1 N–H and O–H groups in total. The molecule has 5 heteroatoms. The summed E-state index contributed by atoms with van der Waals surface area (Å²) < 4.78 is 5.21. The van der Waals surface area contributed by atoms with Crippen molar-refractivity contribution in [1.29, 1.82) is 0 Å². The lowest BCUT2D eigenvalue weighted by Gasteiger charge is -2.25. The fourth-order valence-corrected chi connectivity index (χ4v) is 3.84. The van der Waals surface area contributed by atoms with Gasteiger partial charge in [0.1, 0.15) is 5.75 Å². The van der Waals surface area contributed by atoms with Crippen molar-refractivity contribution < 1.29 is 14.3 Å². The average Bonchev–Trinajstić information content (AvgIpc) is 2.97. The molecule has 2 aliphatic rings. The van der Waals surface area contributed by atoms with Gasteiger partial charge in [-0.3, -0.25) is 9.59 Å². The van der Waals surface area contributed by atoms with Crippen LogP contribution in [0.15, 0.2) is 24.3 Å². The van der Waals surface area contributed by atoms with Gasteiger partial charge in [-0.05, 0) is 42.4 Å². The van der Waals surface area contributed by atoms with Crippen LogP contribution in [-0.4, -0.2) is 43.5 Å². The number of piperidine rings is 1. The summed E-state index contributed by atoms with van der Waals surface area (Å²) in [4.78, 5) is 26.0. The molecule has 0 spiro atoms. The van der Waals surface area contributed by atoms with Crippen molar-refractivity contribution in [1.82, 2.24) is 10.2 Å². The highest BCUT2D eigenvalue weighted by Crippen LogP contribution is 2.38. The number of likely N-dealkylation sites (N-methyl/N-ethyl adjacent to an activating group) is 1. The minimum Gasteiger partial charge on any atom is -0.497 e. The second-order valence-corrected chi connectivity index (χ2v) is 6.69. The van der Waals surface area contributed by atoms with Crippen LogP contribution in [0.3, 0.4) is 0 Å². The van der Waals surface area contributed by atoms with Crippen molar-refractivity contribution in [2.75, 3.05) is 20.7 Å². The molecule has 2 amide bonds. The third-order valence-corrected chi connectivity index (χ3v) is 5.26. The van der Waals surface area contributed by atoms with Gasteiger partial charge in [-0.2, -0.15) is 0 Å². The van der Waals surface area contributed by atoms with E-state index in [1.807, 2.05) is 36.2 Å². The van der Waals surface area contributed by atoms with E-state index in [1.54, 1.807) is 7.11 Å². The number of fused-ring (bicyclic) bond motifs is 1. The number of amides is 2. The van der Waals surface area contributed by atoms with Gasteiger partial charge in [-0.1, -0.05) is 12.1 Å². The molecule has 0 aromatic heterocycles. The van der Waals surface area contributed by atoms with E-state index in [9.17, 15) is 9.59 Å². The Morgan fingerprint density at radius 3 is 2.91 bits per heavy atom. The molecular weight excluding hydrogens is 292 g/mol. The Bertz CT molecular complexity index is 602. The Balaban J connectivity index is 1.60. The first-order valence-electron chi connectivity index (χ1n) is 8.22. The summed E-state index contributed by atoms with van der Waals surface area (Å²) >= 11 is 0. The van der Waals surface area contributed by atoms with Crippen LogP contribution >= 0.6 is 0 Å². The van der Waals surface area contributed by atoms with Gasteiger partial charge >= 0.3 is 0 Å². The fraction of sp³-hybridized carbons (Fsp3) is 0.556. The van der Waals surface area contributed by atoms with Crippen LogP contribution < -0.4 is 10.1 Å². The van der Waals surface area contributed by atoms with E-state index >= 15 is 0 Å². The van der Waals surface area contributed by atoms with E-state index in [0.29, 0.717) is 24.7 Å². The summed E-state index contributed by atoms with van der Waals surface area (Å²) in [6.07, 6.45) is 2.93. The second-order valence-electron chi connectivity index (χ2n) is 6.69. The third-order valence-electron chi connectivity index (χ3n) is 5.26. The maximum absolute atomic E-state index is 12.6. The molecule has 0 radical (unpaired) electrons. The van der Waals surface area contributed by atoms with Crippen LogP contribution in [-0.2, 0) is 16.0 Å². The normalized spacial score (nSPS) is 26.3. The Hall–Kier alpha value is -2.04. The number of benzene rings is 1. The van der Waals surface area contributed by atoms with E-state index < -0.39 is 0 Å². The summed E-state index contributed by atoms with van der Waals surface area (Å²) in [7, 11) is 3.52. The maximum Gasteiger partial charge on any atom is 0.226 e. The van der Waals surface area contributed by atoms with Crippen molar-refractivity contribution in [3.05, 3.63) is 29.8 Å². The third kappa shape index (κ3) is 3.49. The lowest BCUT2D eigenvalue weighted by Crippen LogP contribution is -2.38. The topological polar surface area (TPSA) is 58.6 Å². The van der Waals surface area contributed by atoms with Crippen LogP contribution in [0.1, 0.15) is 24.8 Å². The molecule has 1 saturated carbocycles. The minimum atomic E-state index is 0.126. The first kappa shape index (κ1) is 15.8. The first-order valence-corrected chi connectivity index (χ1v) is 8.22. The SMILES string of the molecule is COc1cccc(CC(=O)N(C)[C@H]2C[C@H]3CNC(=O)C[C@H]3C2)c1. The molecule has 0 unspecified atom stereocenters. The summed E-state index contributed by atoms with van der Waals surface area (Å²) in [5, 5.41) is 2.94. The van der Waals surface area contributed by atoms with E-state index in [2.05, 4.69) is 5.32 Å². The van der Waals surface area contributed by atoms with Gasteiger partial charge < -0.3 is 15.0 Å². The van der Waals surface area contributed by atoms with Gasteiger partial charge in [0.05, 0.1) is 13.5 Å². The summed E-state index contributed by atoms with van der Waals surface area (Å²) in [5.74, 6) is 2.00. The number of ether oxygens (including phenoxy) is 1. The molecule has 3 rings (SSSR count). The van der Waals surface area contributed by atoms with Gasteiger partial charge in [0, 0.05) is 26.1 Å². The van der Waals surface area contributed by atoms with Gasteiger partial charge in [-0.25, -0.2) is 0 Å². The first-order chi connectivity index (χ1) is 11.1. The number of nitrogens with one attached hydrogen (secondary N) is 1. The highest BCUT2D eigenvalue weighted by molar-refractivity contribution is 5.79. The molecule has 1 aromatic carbocycles. The maximum atomic E-state index is 12.6. The number of carbonyl (C=O) groups is 2. The molecule has 2 fully saturated rings. The molecule has 1 aliphatic carbocycles. The van der Waals surface area contributed by atoms with Crippen LogP contribution in [0.25, 0.3) is 0 Å². The number of rotatable bonds is 4. The largest absolute Gasteiger partial charge is 0.497 e. The van der Waals surface area contributed by atoms with Crippen molar-refractivity contribution >= 4 is 11.8 Å². The molecule has 124 valence electrons. The molecule has 1 saturated heterocycles. The highest BCUT2D eigenvalue weighted by atomic mass is 16.5. The van der Waals surface area contributed by atoms with E-state index in [-0.39, 0.29) is 17.9 Å². The van der Waals surface area contributed by atoms with Gasteiger partial charge in [-0.15, -0.1) is 0 Å². The van der Waals surface area contributed by atoms with Crippen molar-refractivity contribution in [2.24, 2.45) is 11.8 Å². The number of carbonyl (C=O) groups excluding carboxylic acids is 2. The molecular formula is C18H24N2O3. The van der Waals surface area contributed by atoms with Crippen molar-refractivity contribution in [3.63, 3.8) is 0 Å².